The van der Waals surface area contributed by atoms with Crippen LogP contribution in [-0.2, 0) is 4.79 Å². The van der Waals surface area contributed by atoms with Gasteiger partial charge in [0.2, 0.25) is 0 Å². The van der Waals surface area contributed by atoms with Gasteiger partial charge in [-0.1, -0.05) is 6.07 Å². The number of rotatable bonds is 4. The molecule has 1 aliphatic rings. The van der Waals surface area contributed by atoms with Gasteiger partial charge in [0.15, 0.2) is 12.3 Å². The van der Waals surface area contributed by atoms with Crippen LogP contribution in [0.15, 0.2) is 48.7 Å². The van der Waals surface area contributed by atoms with Crippen LogP contribution in [0.3, 0.4) is 0 Å². The van der Waals surface area contributed by atoms with Gasteiger partial charge in [0.05, 0.1) is 0 Å². The quantitative estimate of drug-likeness (QED) is 0.560. The number of fused-ring (bicyclic) bond motifs is 1. The molecule has 0 unspecified atom stereocenters. The zero-order valence-electron chi connectivity index (χ0n) is 14.2. The number of amides is 1. The molecule has 1 aliphatic heterocycles. The fourth-order valence-electron chi connectivity index (χ4n) is 3.29. The number of carbonyl (C=O) groups excluding carboxylic acids is 1. The molecule has 0 bridgehead atoms. The minimum Gasteiger partial charge on any atom is -0.484 e. The summed E-state index contributed by atoms with van der Waals surface area (Å²) in [7, 11) is 0. The number of hydrogen-bond donors (Lipinski definition) is 0. The van der Waals surface area contributed by atoms with E-state index in [9.17, 15) is 4.79 Å². The van der Waals surface area contributed by atoms with Crippen LogP contribution >= 0.6 is 22.6 Å². The number of ether oxygens (including phenoxy) is 1. The molecule has 0 atom stereocenters. The van der Waals surface area contributed by atoms with E-state index in [2.05, 4.69) is 32.8 Å². The summed E-state index contributed by atoms with van der Waals surface area (Å²) in [5.74, 6) is 2.08. The van der Waals surface area contributed by atoms with Gasteiger partial charge in [-0.15, -0.1) is 10.2 Å². The number of piperidine rings is 1. The summed E-state index contributed by atoms with van der Waals surface area (Å²) in [4.78, 5) is 14.3. The molecule has 1 saturated heterocycles. The van der Waals surface area contributed by atoms with E-state index in [1.54, 1.807) is 0 Å². The first-order valence-corrected chi connectivity index (χ1v) is 9.74. The summed E-state index contributed by atoms with van der Waals surface area (Å²) in [6.45, 7) is 1.53. The number of carbonyl (C=O) groups is 1. The van der Waals surface area contributed by atoms with E-state index in [4.69, 9.17) is 4.74 Å². The van der Waals surface area contributed by atoms with E-state index in [0.29, 0.717) is 5.92 Å². The van der Waals surface area contributed by atoms with Gasteiger partial charge in [-0.25, -0.2) is 0 Å². The molecular weight excluding hydrogens is 443 g/mol. The number of halogens is 1. The Morgan fingerprint density at radius 3 is 2.65 bits per heavy atom. The van der Waals surface area contributed by atoms with Crippen molar-refractivity contribution in [3.05, 3.63) is 58.1 Å². The Balaban J connectivity index is 1.33. The lowest BCUT2D eigenvalue weighted by Gasteiger charge is -2.31. The van der Waals surface area contributed by atoms with Crippen molar-refractivity contribution < 1.29 is 9.53 Å². The van der Waals surface area contributed by atoms with Crippen LogP contribution < -0.4 is 4.74 Å². The SMILES string of the molecule is O=C(COc1ccc(I)cc1)N1CCC(c2nnc3ccccn23)CC1. The maximum Gasteiger partial charge on any atom is 0.260 e. The molecule has 0 radical (unpaired) electrons. The Hall–Kier alpha value is -2.16. The Kier molecular flexibility index (Phi) is 5.05. The maximum atomic E-state index is 12.4. The summed E-state index contributed by atoms with van der Waals surface area (Å²) < 4.78 is 8.80. The van der Waals surface area contributed by atoms with E-state index in [1.165, 1.54) is 0 Å². The fourth-order valence-corrected chi connectivity index (χ4v) is 3.65. The monoisotopic (exact) mass is 462 g/mol. The standard InChI is InChI=1S/C19H19IN4O2/c20-15-4-6-16(7-5-15)26-13-18(25)23-11-8-14(9-12-23)19-22-21-17-3-1-2-10-24(17)19/h1-7,10,14H,8-9,11-13H2. The molecule has 0 saturated carbocycles. The highest BCUT2D eigenvalue weighted by atomic mass is 127. The van der Waals surface area contributed by atoms with E-state index in [1.807, 2.05) is 58.0 Å². The first-order chi connectivity index (χ1) is 12.7. The maximum absolute atomic E-state index is 12.4. The molecule has 4 rings (SSSR count). The van der Waals surface area contributed by atoms with Crippen LogP contribution in [0.5, 0.6) is 5.75 Å². The lowest BCUT2D eigenvalue weighted by atomic mass is 9.96. The van der Waals surface area contributed by atoms with Crippen LogP contribution in [0.4, 0.5) is 0 Å². The molecule has 3 aromatic rings. The molecule has 7 heteroatoms. The van der Waals surface area contributed by atoms with Gasteiger partial charge < -0.3 is 9.64 Å². The topological polar surface area (TPSA) is 59.7 Å². The predicted octanol–water partition coefficient (Wildman–Crippen LogP) is 3.12. The van der Waals surface area contributed by atoms with Crippen molar-refractivity contribution in [3.8, 4) is 5.75 Å². The Labute approximate surface area is 165 Å². The molecule has 1 fully saturated rings. The smallest absolute Gasteiger partial charge is 0.260 e. The first kappa shape index (κ1) is 17.3. The molecule has 3 heterocycles. The minimum atomic E-state index is 0.0353. The van der Waals surface area contributed by atoms with Crippen molar-refractivity contribution in [2.45, 2.75) is 18.8 Å². The van der Waals surface area contributed by atoms with Gasteiger partial charge in [-0.3, -0.25) is 9.20 Å². The van der Waals surface area contributed by atoms with E-state index in [0.717, 1.165) is 46.7 Å². The van der Waals surface area contributed by atoms with Crippen LogP contribution in [-0.4, -0.2) is 45.1 Å². The summed E-state index contributed by atoms with van der Waals surface area (Å²) in [5.41, 5.74) is 0.868. The third-order valence-corrected chi connectivity index (χ3v) is 5.45. The second-order valence-electron chi connectivity index (χ2n) is 6.38. The van der Waals surface area contributed by atoms with Crippen LogP contribution in [0, 0.1) is 3.57 Å². The van der Waals surface area contributed by atoms with Crippen LogP contribution in [0.2, 0.25) is 0 Å². The highest BCUT2D eigenvalue weighted by molar-refractivity contribution is 14.1. The summed E-state index contributed by atoms with van der Waals surface area (Å²) in [6.07, 6.45) is 3.78. The van der Waals surface area contributed by atoms with Crippen molar-refractivity contribution in [1.29, 1.82) is 0 Å². The van der Waals surface area contributed by atoms with Crippen LogP contribution in [0.25, 0.3) is 5.65 Å². The lowest BCUT2D eigenvalue weighted by molar-refractivity contribution is -0.134. The number of aromatic nitrogens is 3. The molecule has 134 valence electrons. The number of hydrogen-bond acceptors (Lipinski definition) is 4. The molecule has 1 aromatic carbocycles. The number of benzene rings is 1. The summed E-state index contributed by atoms with van der Waals surface area (Å²) >= 11 is 2.24. The van der Waals surface area contributed by atoms with Crippen molar-refractivity contribution in [3.63, 3.8) is 0 Å². The second-order valence-corrected chi connectivity index (χ2v) is 7.63. The third-order valence-electron chi connectivity index (χ3n) is 4.73. The predicted molar refractivity (Wildman–Crippen MR) is 106 cm³/mol. The van der Waals surface area contributed by atoms with Gasteiger partial charge in [-0.05, 0) is 71.8 Å². The van der Waals surface area contributed by atoms with Gasteiger partial charge in [-0.2, -0.15) is 0 Å². The fraction of sp³-hybridized carbons (Fsp3) is 0.316. The van der Waals surface area contributed by atoms with E-state index < -0.39 is 0 Å². The third kappa shape index (κ3) is 3.67. The Bertz CT molecular complexity index is 901. The number of likely N-dealkylation sites (tertiary alicyclic amines) is 1. The number of nitrogens with zero attached hydrogens (tertiary/aromatic N) is 4. The van der Waals surface area contributed by atoms with Gasteiger partial charge in [0, 0.05) is 28.8 Å². The average molecular weight is 462 g/mol. The summed E-state index contributed by atoms with van der Waals surface area (Å²) in [5, 5.41) is 8.59. The summed E-state index contributed by atoms with van der Waals surface area (Å²) in [6, 6.07) is 13.6. The molecular formula is C19H19IN4O2. The highest BCUT2D eigenvalue weighted by Gasteiger charge is 2.26. The van der Waals surface area contributed by atoms with Gasteiger partial charge in [0.25, 0.3) is 5.91 Å². The van der Waals surface area contributed by atoms with Gasteiger partial charge >= 0.3 is 0 Å². The van der Waals surface area contributed by atoms with Crippen molar-refractivity contribution >= 4 is 34.1 Å². The Morgan fingerprint density at radius 2 is 1.88 bits per heavy atom. The zero-order valence-corrected chi connectivity index (χ0v) is 16.4. The molecule has 6 nitrogen and oxygen atoms in total. The average Bonchev–Trinajstić information content (AvgIpc) is 3.11. The first-order valence-electron chi connectivity index (χ1n) is 8.66. The highest BCUT2D eigenvalue weighted by Crippen LogP contribution is 2.27. The van der Waals surface area contributed by atoms with Gasteiger partial charge in [0.1, 0.15) is 11.6 Å². The minimum absolute atomic E-state index is 0.0353. The zero-order chi connectivity index (χ0) is 17.9. The molecule has 1 amide bonds. The van der Waals surface area contributed by atoms with Crippen molar-refractivity contribution in [1.82, 2.24) is 19.5 Å². The normalized spacial score (nSPS) is 15.3. The van der Waals surface area contributed by atoms with Crippen molar-refractivity contribution in [2.75, 3.05) is 19.7 Å². The molecule has 26 heavy (non-hydrogen) atoms. The second kappa shape index (κ2) is 7.61. The molecule has 0 spiro atoms. The molecule has 0 N–H and O–H groups in total. The van der Waals surface area contributed by atoms with E-state index >= 15 is 0 Å². The largest absolute Gasteiger partial charge is 0.484 e. The molecule has 0 aliphatic carbocycles. The number of pyridine rings is 1. The van der Waals surface area contributed by atoms with Crippen molar-refractivity contribution in [2.24, 2.45) is 0 Å². The molecule has 2 aromatic heterocycles. The Morgan fingerprint density at radius 1 is 1.12 bits per heavy atom. The van der Waals surface area contributed by atoms with E-state index in [-0.39, 0.29) is 12.5 Å². The van der Waals surface area contributed by atoms with Crippen LogP contribution in [0.1, 0.15) is 24.6 Å². The lowest BCUT2D eigenvalue weighted by Crippen LogP contribution is -2.40.